The van der Waals surface area contributed by atoms with Gasteiger partial charge in [0.2, 0.25) is 5.91 Å². The summed E-state index contributed by atoms with van der Waals surface area (Å²) in [4.78, 5) is 23.3. The molecular formula is C16H13NO3. The topological polar surface area (TPSA) is 55.4 Å². The van der Waals surface area contributed by atoms with Gasteiger partial charge in [0.15, 0.2) is 0 Å². The number of fused-ring (bicyclic) bond motifs is 1. The number of hydrogen-bond donors (Lipinski definition) is 1. The fraction of sp³-hybridized carbons (Fsp3) is 0.125. The van der Waals surface area contributed by atoms with Crippen LogP contribution in [-0.2, 0) is 11.2 Å². The van der Waals surface area contributed by atoms with E-state index in [1.54, 1.807) is 18.2 Å². The van der Waals surface area contributed by atoms with Crippen molar-refractivity contribution in [3.05, 3.63) is 59.2 Å². The first kappa shape index (κ1) is 12.4. The Bertz CT molecular complexity index is 689. The van der Waals surface area contributed by atoms with Gasteiger partial charge >= 0.3 is 0 Å². The van der Waals surface area contributed by atoms with Crippen LogP contribution in [-0.4, -0.2) is 11.8 Å². The zero-order valence-corrected chi connectivity index (χ0v) is 11.0. The molecule has 0 atom stereocenters. The number of nitrogens with one attached hydrogen (secondary N) is 1. The van der Waals surface area contributed by atoms with Gasteiger partial charge in [-0.25, -0.2) is 0 Å². The molecule has 0 bridgehead atoms. The van der Waals surface area contributed by atoms with E-state index in [1.165, 1.54) is 0 Å². The molecule has 100 valence electrons. The van der Waals surface area contributed by atoms with Crippen molar-refractivity contribution in [2.24, 2.45) is 0 Å². The second-order valence-corrected chi connectivity index (χ2v) is 4.76. The molecule has 2 aromatic carbocycles. The van der Waals surface area contributed by atoms with E-state index in [9.17, 15) is 9.59 Å². The molecule has 0 fully saturated rings. The van der Waals surface area contributed by atoms with Crippen LogP contribution in [0.25, 0.3) is 0 Å². The number of carbonyl (C=O) groups excluding carboxylic acids is 2. The number of amides is 2. The van der Waals surface area contributed by atoms with Crippen molar-refractivity contribution >= 4 is 11.8 Å². The molecule has 0 saturated carbocycles. The molecule has 3 rings (SSSR count). The van der Waals surface area contributed by atoms with Gasteiger partial charge in [-0.05, 0) is 30.7 Å². The number of aryl methyl sites for hydroxylation is 1. The molecule has 0 unspecified atom stereocenters. The van der Waals surface area contributed by atoms with Crippen molar-refractivity contribution in [2.45, 2.75) is 13.3 Å². The minimum Gasteiger partial charge on any atom is -0.457 e. The van der Waals surface area contributed by atoms with E-state index in [2.05, 4.69) is 5.32 Å². The van der Waals surface area contributed by atoms with Crippen molar-refractivity contribution in [3.63, 3.8) is 0 Å². The Hall–Kier alpha value is -2.62. The molecule has 0 aliphatic carbocycles. The average molecular weight is 267 g/mol. The molecule has 4 heteroatoms. The summed E-state index contributed by atoms with van der Waals surface area (Å²) >= 11 is 0. The quantitative estimate of drug-likeness (QED) is 0.851. The van der Waals surface area contributed by atoms with Crippen LogP contribution in [0.15, 0.2) is 42.5 Å². The molecule has 1 heterocycles. The van der Waals surface area contributed by atoms with Crippen molar-refractivity contribution < 1.29 is 14.3 Å². The first-order valence-corrected chi connectivity index (χ1v) is 6.34. The fourth-order valence-corrected chi connectivity index (χ4v) is 2.21. The molecule has 1 N–H and O–H groups in total. The highest BCUT2D eigenvalue weighted by Crippen LogP contribution is 2.29. The van der Waals surface area contributed by atoms with Gasteiger partial charge in [0.25, 0.3) is 5.91 Å². The number of imide groups is 1. The molecule has 1 aliphatic heterocycles. The molecule has 4 nitrogen and oxygen atoms in total. The molecule has 1 aliphatic rings. The smallest absolute Gasteiger partial charge is 0.261 e. The molecular weight excluding hydrogens is 254 g/mol. The van der Waals surface area contributed by atoms with Crippen LogP contribution in [0.2, 0.25) is 0 Å². The number of benzene rings is 2. The molecule has 0 spiro atoms. The third kappa shape index (κ3) is 2.28. The first-order valence-electron chi connectivity index (χ1n) is 6.34. The lowest BCUT2D eigenvalue weighted by atomic mass is 9.99. The van der Waals surface area contributed by atoms with Gasteiger partial charge in [-0.2, -0.15) is 0 Å². The summed E-state index contributed by atoms with van der Waals surface area (Å²) in [5.74, 6) is 0.444. The minimum absolute atomic E-state index is 0.201. The summed E-state index contributed by atoms with van der Waals surface area (Å²) in [6.45, 7) is 1.99. The third-order valence-corrected chi connectivity index (χ3v) is 3.19. The molecule has 2 aromatic rings. The maximum Gasteiger partial charge on any atom is 0.261 e. The molecule has 0 aromatic heterocycles. The van der Waals surface area contributed by atoms with E-state index in [1.807, 2.05) is 31.2 Å². The highest BCUT2D eigenvalue weighted by Gasteiger charge is 2.25. The normalized spacial score (nSPS) is 13.7. The Kier molecular flexibility index (Phi) is 2.99. The summed E-state index contributed by atoms with van der Waals surface area (Å²) in [7, 11) is 0. The lowest BCUT2D eigenvalue weighted by Crippen LogP contribution is -2.37. The van der Waals surface area contributed by atoms with Gasteiger partial charge in [0.05, 0.1) is 12.0 Å². The van der Waals surface area contributed by atoms with Gasteiger partial charge in [0, 0.05) is 0 Å². The Balaban J connectivity index is 1.99. The number of carbonyl (C=O) groups is 2. The van der Waals surface area contributed by atoms with E-state index >= 15 is 0 Å². The van der Waals surface area contributed by atoms with Gasteiger partial charge in [-0.1, -0.05) is 29.8 Å². The lowest BCUT2D eigenvalue weighted by Gasteiger charge is -2.18. The van der Waals surface area contributed by atoms with Gasteiger partial charge < -0.3 is 4.74 Å². The van der Waals surface area contributed by atoms with Crippen molar-refractivity contribution in [1.29, 1.82) is 0 Å². The highest BCUT2D eigenvalue weighted by molar-refractivity contribution is 6.11. The Morgan fingerprint density at radius 1 is 1.05 bits per heavy atom. The molecule has 2 amide bonds. The zero-order valence-electron chi connectivity index (χ0n) is 11.0. The van der Waals surface area contributed by atoms with E-state index in [0.29, 0.717) is 22.6 Å². The maximum atomic E-state index is 11.9. The highest BCUT2D eigenvalue weighted by atomic mass is 16.5. The second-order valence-electron chi connectivity index (χ2n) is 4.76. The number of hydrogen-bond acceptors (Lipinski definition) is 3. The Morgan fingerprint density at radius 2 is 1.80 bits per heavy atom. The second kappa shape index (κ2) is 4.81. The van der Waals surface area contributed by atoms with Crippen LogP contribution < -0.4 is 10.1 Å². The predicted molar refractivity (Wildman–Crippen MR) is 73.9 cm³/mol. The third-order valence-electron chi connectivity index (χ3n) is 3.19. The van der Waals surface area contributed by atoms with E-state index in [0.717, 1.165) is 5.56 Å². The monoisotopic (exact) mass is 267 g/mol. The first-order chi connectivity index (χ1) is 9.63. The zero-order chi connectivity index (χ0) is 14.1. The Morgan fingerprint density at radius 3 is 2.55 bits per heavy atom. The minimum atomic E-state index is -0.404. The van der Waals surface area contributed by atoms with Crippen LogP contribution in [0.4, 0.5) is 0 Å². The van der Waals surface area contributed by atoms with Crippen LogP contribution >= 0.6 is 0 Å². The SMILES string of the molecule is Cc1ccc(Oc2cccc3c2C(=O)NC(=O)C3)cc1. The van der Waals surface area contributed by atoms with Crippen molar-refractivity contribution in [1.82, 2.24) is 5.32 Å². The van der Waals surface area contributed by atoms with Crippen molar-refractivity contribution in [3.8, 4) is 11.5 Å². The predicted octanol–water partition coefficient (Wildman–Crippen LogP) is 2.60. The number of ether oxygens (including phenoxy) is 1. The summed E-state index contributed by atoms with van der Waals surface area (Å²) in [5, 5.41) is 2.31. The van der Waals surface area contributed by atoms with Crippen LogP contribution in [0.1, 0.15) is 21.5 Å². The standard InChI is InChI=1S/C16H13NO3/c1-10-5-7-12(8-6-10)20-13-4-2-3-11-9-14(18)17-16(19)15(11)13/h2-8H,9H2,1H3,(H,17,18,19). The largest absolute Gasteiger partial charge is 0.457 e. The van der Waals surface area contributed by atoms with Crippen LogP contribution in [0.3, 0.4) is 0 Å². The molecule has 0 radical (unpaired) electrons. The maximum absolute atomic E-state index is 11.9. The lowest BCUT2D eigenvalue weighted by molar-refractivity contribution is -0.119. The fourth-order valence-electron chi connectivity index (χ4n) is 2.21. The van der Waals surface area contributed by atoms with E-state index in [4.69, 9.17) is 4.74 Å². The molecule has 0 saturated heterocycles. The summed E-state index contributed by atoms with van der Waals surface area (Å²) < 4.78 is 5.77. The summed E-state index contributed by atoms with van der Waals surface area (Å²) in [5.41, 5.74) is 2.27. The summed E-state index contributed by atoms with van der Waals surface area (Å²) in [6.07, 6.45) is 0.201. The number of rotatable bonds is 2. The molecule has 20 heavy (non-hydrogen) atoms. The van der Waals surface area contributed by atoms with Gasteiger partial charge in [0.1, 0.15) is 11.5 Å². The van der Waals surface area contributed by atoms with Crippen LogP contribution in [0.5, 0.6) is 11.5 Å². The summed E-state index contributed by atoms with van der Waals surface area (Å²) in [6, 6.07) is 12.9. The van der Waals surface area contributed by atoms with E-state index < -0.39 is 5.91 Å². The van der Waals surface area contributed by atoms with Gasteiger partial charge in [-0.15, -0.1) is 0 Å². The Labute approximate surface area is 116 Å². The van der Waals surface area contributed by atoms with Crippen molar-refractivity contribution in [2.75, 3.05) is 0 Å². The average Bonchev–Trinajstić information content (AvgIpc) is 2.41. The van der Waals surface area contributed by atoms with Crippen LogP contribution in [0, 0.1) is 6.92 Å². The van der Waals surface area contributed by atoms with Gasteiger partial charge in [-0.3, -0.25) is 14.9 Å². The van der Waals surface area contributed by atoms with E-state index in [-0.39, 0.29) is 12.3 Å².